The van der Waals surface area contributed by atoms with E-state index in [2.05, 4.69) is 71.1 Å². The first kappa shape index (κ1) is 17.0. The summed E-state index contributed by atoms with van der Waals surface area (Å²) >= 11 is 0. The minimum Gasteiger partial charge on any atom is -0.310 e. The summed E-state index contributed by atoms with van der Waals surface area (Å²) in [6, 6.07) is 18.0. The van der Waals surface area contributed by atoms with Gasteiger partial charge in [0.05, 0.1) is 18.1 Å². The van der Waals surface area contributed by atoms with E-state index in [9.17, 15) is 0 Å². The maximum Gasteiger partial charge on any atom is 0.0697 e. The third-order valence-corrected chi connectivity index (χ3v) is 5.55. The maximum atomic E-state index is 4.12. The molecule has 0 bridgehead atoms. The number of hydrogen-bond donors (Lipinski definition) is 1. The highest BCUT2D eigenvalue weighted by molar-refractivity contribution is 5.39. The van der Waals surface area contributed by atoms with Crippen molar-refractivity contribution in [1.82, 2.24) is 20.3 Å². The predicted octanol–water partition coefficient (Wildman–Crippen LogP) is 4.25. The second-order valence-electron chi connectivity index (χ2n) is 7.24. The zero-order valence-electron chi connectivity index (χ0n) is 15.3. The van der Waals surface area contributed by atoms with Crippen molar-refractivity contribution in [2.24, 2.45) is 5.92 Å². The first-order valence-corrected chi connectivity index (χ1v) is 9.56. The van der Waals surface area contributed by atoms with Gasteiger partial charge in [-0.25, -0.2) is 4.68 Å². The molecule has 2 aromatic carbocycles. The van der Waals surface area contributed by atoms with Crippen LogP contribution in [-0.2, 0) is 6.42 Å². The first-order chi connectivity index (χ1) is 12.8. The minimum absolute atomic E-state index is 0.476. The van der Waals surface area contributed by atoms with Crippen LogP contribution in [0.5, 0.6) is 0 Å². The van der Waals surface area contributed by atoms with E-state index in [1.807, 2.05) is 10.9 Å². The monoisotopic (exact) mass is 346 g/mol. The summed E-state index contributed by atoms with van der Waals surface area (Å²) in [4.78, 5) is 0. The Bertz CT molecular complexity index is 827. The van der Waals surface area contributed by atoms with Crippen molar-refractivity contribution >= 4 is 0 Å². The molecule has 4 nitrogen and oxygen atoms in total. The molecule has 4 rings (SSSR count). The van der Waals surface area contributed by atoms with Crippen LogP contribution in [0, 0.1) is 12.8 Å². The van der Waals surface area contributed by atoms with Crippen LogP contribution in [0.25, 0.3) is 5.69 Å². The van der Waals surface area contributed by atoms with Gasteiger partial charge < -0.3 is 5.32 Å². The number of aryl methyl sites for hydroxylation is 2. The largest absolute Gasteiger partial charge is 0.310 e. The average molecular weight is 346 g/mol. The Labute approximate surface area is 155 Å². The molecule has 2 atom stereocenters. The highest BCUT2D eigenvalue weighted by Gasteiger charge is 2.25. The van der Waals surface area contributed by atoms with Crippen LogP contribution in [0.4, 0.5) is 0 Å². The quantitative estimate of drug-likeness (QED) is 0.751. The summed E-state index contributed by atoms with van der Waals surface area (Å²) in [6.07, 6.45) is 8.49. The van der Waals surface area contributed by atoms with Crippen LogP contribution in [0.2, 0.25) is 0 Å². The van der Waals surface area contributed by atoms with Gasteiger partial charge in [0.2, 0.25) is 0 Å². The van der Waals surface area contributed by atoms with Gasteiger partial charge in [-0.2, -0.15) is 0 Å². The van der Waals surface area contributed by atoms with E-state index in [1.54, 1.807) is 6.20 Å². The number of nitrogens with zero attached hydrogens (tertiary/aromatic N) is 3. The third kappa shape index (κ3) is 3.70. The van der Waals surface area contributed by atoms with E-state index in [1.165, 1.54) is 36.0 Å². The molecule has 0 saturated carbocycles. The summed E-state index contributed by atoms with van der Waals surface area (Å²) in [5, 5.41) is 11.8. The second-order valence-corrected chi connectivity index (χ2v) is 7.24. The highest BCUT2D eigenvalue weighted by Crippen LogP contribution is 2.33. The summed E-state index contributed by atoms with van der Waals surface area (Å²) in [5.41, 5.74) is 5.28. The molecule has 4 heteroatoms. The number of aromatic nitrogens is 3. The van der Waals surface area contributed by atoms with E-state index < -0.39 is 0 Å². The number of nitrogens with one attached hydrogen (secondary N) is 1. The SMILES string of the molecule is Cc1ccc(-n2ccnn2)cc1CC[C@H]1CCCN[C@H]1c1ccccc1. The van der Waals surface area contributed by atoms with Crippen LogP contribution in [0.15, 0.2) is 60.9 Å². The van der Waals surface area contributed by atoms with Crippen molar-refractivity contribution in [3.05, 3.63) is 77.6 Å². The molecule has 2 heterocycles. The summed E-state index contributed by atoms with van der Waals surface area (Å²) < 4.78 is 1.83. The molecule has 134 valence electrons. The van der Waals surface area contributed by atoms with Gasteiger partial charge in [-0.1, -0.05) is 41.6 Å². The topological polar surface area (TPSA) is 42.7 Å². The average Bonchev–Trinajstić information content (AvgIpc) is 3.23. The van der Waals surface area contributed by atoms with Crippen LogP contribution < -0.4 is 5.32 Å². The van der Waals surface area contributed by atoms with Crippen molar-refractivity contribution in [2.45, 2.75) is 38.6 Å². The van der Waals surface area contributed by atoms with Gasteiger partial charge >= 0.3 is 0 Å². The summed E-state index contributed by atoms with van der Waals surface area (Å²) in [7, 11) is 0. The van der Waals surface area contributed by atoms with Crippen LogP contribution in [0.1, 0.15) is 42.0 Å². The van der Waals surface area contributed by atoms with E-state index in [0.29, 0.717) is 12.0 Å². The predicted molar refractivity (Wildman–Crippen MR) is 104 cm³/mol. The van der Waals surface area contributed by atoms with Crippen molar-refractivity contribution in [1.29, 1.82) is 0 Å². The molecular formula is C22H26N4. The molecule has 1 aromatic heterocycles. The molecule has 0 amide bonds. The summed E-state index contributed by atoms with van der Waals surface area (Å²) in [5.74, 6) is 0.681. The molecule has 1 N–H and O–H groups in total. The molecular weight excluding hydrogens is 320 g/mol. The number of piperidine rings is 1. The molecule has 1 fully saturated rings. The van der Waals surface area contributed by atoms with Crippen molar-refractivity contribution in [3.8, 4) is 5.69 Å². The van der Waals surface area contributed by atoms with Gasteiger partial charge in [0.15, 0.2) is 0 Å². The molecule has 0 unspecified atom stereocenters. The fraction of sp³-hybridized carbons (Fsp3) is 0.364. The third-order valence-electron chi connectivity index (χ3n) is 5.55. The Hall–Kier alpha value is -2.46. The lowest BCUT2D eigenvalue weighted by molar-refractivity contribution is 0.269. The molecule has 0 radical (unpaired) electrons. The van der Waals surface area contributed by atoms with Gasteiger partial charge in [-0.05, 0) is 73.9 Å². The molecule has 0 spiro atoms. The highest BCUT2D eigenvalue weighted by atomic mass is 15.4. The second kappa shape index (κ2) is 7.83. The molecule has 3 aromatic rings. The number of hydrogen-bond acceptors (Lipinski definition) is 3. The number of benzene rings is 2. The minimum atomic E-state index is 0.476. The van der Waals surface area contributed by atoms with Gasteiger partial charge in [0, 0.05) is 6.04 Å². The first-order valence-electron chi connectivity index (χ1n) is 9.56. The van der Waals surface area contributed by atoms with Crippen LogP contribution >= 0.6 is 0 Å². The van der Waals surface area contributed by atoms with Crippen molar-refractivity contribution in [3.63, 3.8) is 0 Å². The maximum absolute atomic E-state index is 4.12. The smallest absolute Gasteiger partial charge is 0.0697 e. The Morgan fingerprint density at radius 1 is 1.15 bits per heavy atom. The normalized spacial score (nSPS) is 20.2. The van der Waals surface area contributed by atoms with Crippen LogP contribution in [0.3, 0.4) is 0 Å². The molecule has 0 aliphatic carbocycles. The van der Waals surface area contributed by atoms with Crippen molar-refractivity contribution < 1.29 is 0 Å². The van der Waals surface area contributed by atoms with Gasteiger partial charge in [-0.3, -0.25) is 0 Å². The Kier molecular flexibility index (Phi) is 5.12. The van der Waals surface area contributed by atoms with Crippen molar-refractivity contribution in [2.75, 3.05) is 6.54 Å². The van der Waals surface area contributed by atoms with E-state index >= 15 is 0 Å². The fourth-order valence-electron chi connectivity index (χ4n) is 4.07. The van der Waals surface area contributed by atoms with Gasteiger partial charge in [0.25, 0.3) is 0 Å². The lowest BCUT2D eigenvalue weighted by atomic mass is 9.82. The Morgan fingerprint density at radius 2 is 2.04 bits per heavy atom. The zero-order chi connectivity index (χ0) is 17.8. The molecule has 1 aliphatic rings. The fourth-order valence-corrected chi connectivity index (χ4v) is 4.07. The van der Waals surface area contributed by atoms with Gasteiger partial charge in [0.1, 0.15) is 0 Å². The lowest BCUT2D eigenvalue weighted by Crippen LogP contribution is -2.34. The Morgan fingerprint density at radius 3 is 2.85 bits per heavy atom. The standard InChI is InChI=1S/C22H26N4/c1-17-9-12-21(26-15-14-24-25-26)16-20(17)11-10-19-8-5-13-23-22(19)18-6-3-2-4-7-18/h2-4,6-7,9,12,14-16,19,22-23H,5,8,10-11,13H2,1H3/t19-,22+/m1/s1. The number of rotatable bonds is 5. The van der Waals surface area contributed by atoms with E-state index in [0.717, 1.165) is 18.7 Å². The molecule has 1 saturated heterocycles. The molecule has 26 heavy (non-hydrogen) atoms. The van der Waals surface area contributed by atoms with E-state index in [-0.39, 0.29) is 0 Å². The van der Waals surface area contributed by atoms with Crippen LogP contribution in [-0.4, -0.2) is 21.5 Å². The molecule has 1 aliphatic heterocycles. The lowest BCUT2D eigenvalue weighted by Gasteiger charge is -2.33. The summed E-state index contributed by atoms with van der Waals surface area (Å²) in [6.45, 7) is 3.32. The van der Waals surface area contributed by atoms with E-state index in [4.69, 9.17) is 0 Å². The van der Waals surface area contributed by atoms with Gasteiger partial charge in [-0.15, -0.1) is 5.10 Å². The Balaban J connectivity index is 1.50. The zero-order valence-corrected chi connectivity index (χ0v) is 15.3.